The average Bonchev–Trinajstić information content (AvgIpc) is 3.33. The Labute approximate surface area is 198 Å². The molecule has 3 aliphatic rings. The summed E-state index contributed by atoms with van der Waals surface area (Å²) in [4.78, 5) is 45.5. The maximum Gasteiger partial charge on any atom is 0.248 e. The molecule has 3 amide bonds. The van der Waals surface area contributed by atoms with Crippen LogP contribution in [0.3, 0.4) is 0 Å². The summed E-state index contributed by atoms with van der Waals surface area (Å²) in [6.07, 6.45) is 3.22. The van der Waals surface area contributed by atoms with Gasteiger partial charge in [0.15, 0.2) is 0 Å². The zero-order chi connectivity index (χ0) is 24.0. The van der Waals surface area contributed by atoms with Crippen LogP contribution in [0.2, 0.25) is 0 Å². The van der Waals surface area contributed by atoms with Crippen LogP contribution in [0.25, 0.3) is 0 Å². The second kappa shape index (κ2) is 9.27. The number of carbonyl (C=O) groups is 3. The van der Waals surface area contributed by atoms with Crippen LogP contribution in [0.4, 0.5) is 0 Å². The van der Waals surface area contributed by atoms with Gasteiger partial charge in [0.1, 0.15) is 11.6 Å². The van der Waals surface area contributed by atoms with Crippen molar-refractivity contribution in [1.82, 2.24) is 14.7 Å². The van der Waals surface area contributed by atoms with Crippen molar-refractivity contribution < 1.29 is 24.2 Å². The Morgan fingerprint density at radius 3 is 2.44 bits per heavy atom. The molecule has 0 aliphatic carbocycles. The normalized spacial score (nSPS) is 33.9. The molecule has 3 rings (SSSR count). The van der Waals surface area contributed by atoms with Gasteiger partial charge in [-0.05, 0) is 27.2 Å². The number of likely N-dealkylation sites (N-methyl/N-ethyl adjacent to an activating group) is 1. The lowest BCUT2D eigenvalue weighted by molar-refractivity contribution is -0.152. The van der Waals surface area contributed by atoms with E-state index >= 15 is 0 Å². The number of ether oxygens (including phenoxy) is 1. The lowest BCUT2D eigenvalue weighted by Crippen LogP contribution is -2.59. The lowest BCUT2D eigenvalue weighted by atomic mass is 9.70. The van der Waals surface area contributed by atoms with E-state index < -0.39 is 35.6 Å². The van der Waals surface area contributed by atoms with E-state index in [-0.39, 0.29) is 35.2 Å². The van der Waals surface area contributed by atoms with Crippen LogP contribution >= 0.6 is 15.9 Å². The summed E-state index contributed by atoms with van der Waals surface area (Å²) >= 11 is 3.65. The number of fused-ring (bicyclic) bond motifs is 1. The Kier molecular flexibility index (Phi) is 7.22. The molecule has 0 radical (unpaired) electrons. The van der Waals surface area contributed by atoms with Gasteiger partial charge in [0, 0.05) is 31.0 Å². The Bertz CT molecular complexity index is 805. The van der Waals surface area contributed by atoms with Gasteiger partial charge in [-0.15, -0.1) is 13.2 Å². The molecular formula is C23H34BrN3O5. The number of rotatable bonds is 9. The standard InChI is InChI=1S/C23H34BrN3O5/c1-7-9-25(6)20(29)16-17-21(30)27(14(5)12-28)19(22(31)26(10-8-2)13(3)4)23(17)11-15(24)18(16)32-23/h7-8,13-19,28H,1-2,9-12H2,3-6H3/t14-,15?,16+,17+,18+,19?,23?/m1/s1. The molecule has 3 fully saturated rings. The van der Waals surface area contributed by atoms with Crippen LogP contribution < -0.4 is 0 Å². The van der Waals surface area contributed by atoms with Crippen molar-refractivity contribution in [2.24, 2.45) is 11.8 Å². The van der Waals surface area contributed by atoms with Crippen molar-refractivity contribution >= 4 is 33.7 Å². The number of hydrogen-bond donors (Lipinski definition) is 1. The molecular weight excluding hydrogens is 478 g/mol. The average molecular weight is 512 g/mol. The summed E-state index contributed by atoms with van der Waals surface area (Å²) < 4.78 is 6.46. The number of nitrogens with zero attached hydrogens (tertiary/aromatic N) is 3. The van der Waals surface area contributed by atoms with Gasteiger partial charge in [0.2, 0.25) is 17.7 Å². The minimum Gasteiger partial charge on any atom is -0.394 e. The van der Waals surface area contributed by atoms with Gasteiger partial charge in [-0.25, -0.2) is 0 Å². The topological polar surface area (TPSA) is 90.4 Å². The maximum atomic E-state index is 13.9. The predicted molar refractivity (Wildman–Crippen MR) is 124 cm³/mol. The third-order valence-electron chi connectivity index (χ3n) is 7.00. The Balaban J connectivity index is 2.11. The summed E-state index contributed by atoms with van der Waals surface area (Å²) in [5.41, 5.74) is -1.12. The highest BCUT2D eigenvalue weighted by Crippen LogP contribution is 2.60. The first-order valence-electron chi connectivity index (χ1n) is 11.1. The van der Waals surface area contributed by atoms with Crippen LogP contribution in [-0.2, 0) is 19.1 Å². The molecule has 8 nitrogen and oxygen atoms in total. The number of amides is 3. The zero-order valence-electron chi connectivity index (χ0n) is 19.2. The number of halogens is 1. The molecule has 178 valence electrons. The van der Waals surface area contributed by atoms with Gasteiger partial charge in [-0.1, -0.05) is 28.1 Å². The van der Waals surface area contributed by atoms with Crippen LogP contribution in [0.15, 0.2) is 25.3 Å². The van der Waals surface area contributed by atoms with E-state index in [0.717, 1.165) is 0 Å². The van der Waals surface area contributed by atoms with Crippen molar-refractivity contribution in [3.63, 3.8) is 0 Å². The molecule has 3 unspecified atom stereocenters. The molecule has 1 spiro atoms. The molecule has 9 heteroatoms. The minimum absolute atomic E-state index is 0.119. The van der Waals surface area contributed by atoms with E-state index in [9.17, 15) is 19.5 Å². The third-order valence-corrected chi connectivity index (χ3v) is 7.84. The molecule has 0 saturated carbocycles. The maximum absolute atomic E-state index is 13.9. The van der Waals surface area contributed by atoms with Gasteiger partial charge in [-0.2, -0.15) is 0 Å². The molecule has 7 atom stereocenters. The fourth-order valence-electron chi connectivity index (χ4n) is 5.58. The van der Waals surface area contributed by atoms with Crippen LogP contribution in [-0.4, -0.2) is 98.9 Å². The highest BCUT2D eigenvalue weighted by molar-refractivity contribution is 9.09. The quantitative estimate of drug-likeness (QED) is 0.370. The van der Waals surface area contributed by atoms with Gasteiger partial charge in [-0.3, -0.25) is 14.4 Å². The van der Waals surface area contributed by atoms with Gasteiger partial charge >= 0.3 is 0 Å². The summed E-state index contributed by atoms with van der Waals surface area (Å²) in [7, 11) is 1.67. The summed E-state index contributed by atoms with van der Waals surface area (Å²) in [6.45, 7) is 13.4. The minimum atomic E-state index is -1.12. The van der Waals surface area contributed by atoms with Crippen molar-refractivity contribution in [2.45, 2.75) is 61.8 Å². The fraction of sp³-hybridized carbons (Fsp3) is 0.696. The number of alkyl halides is 1. The first kappa shape index (κ1) is 24.9. The molecule has 3 heterocycles. The Morgan fingerprint density at radius 1 is 1.28 bits per heavy atom. The van der Waals surface area contributed by atoms with Crippen molar-refractivity contribution in [1.29, 1.82) is 0 Å². The Morgan fingerprint density at radius 2 is 1.91 bits per heavy atom. The fourth-order valence-corrected chi connectivity index (χ4v) is 6.52. The van der Waals surface area contributed by atoms with Gasteiger partial charge < -0.3 is 24.5 Å². The van der Waals surface area contributed by atoms with E-state index in [1.807, 2.05) is 13.8 Å². The largest absolute Gasteiger partial charge is 0.394 e. The second-order valence-electron chi connectivity index (χ2n) is 9.32. The van der Waals surface area contributed by atoms with Crippen LogP contribution in [0.1, 0.15) is 27.2 Å². The molecule has 0 aromatic rings. The molecule has 32 heavy (non-hydrogen) atoms. The SMILES string of the molecule is C=CCN(C)C(=O)[C@H]1[C@H]2C(=O)N([C@H](C)CO)C(C(=O)N(CC=C)C(C)C)C23CC(Br)[C@@H]1O3. The number of aliphatic hydroxyl groups excluding tert-OH is 1. The molecule has 3 saturated heterocycles. The first-order valence-corrected chi connectivity index (χ1v) is 12.0. The van der Waals surface area contributed by atoms with Crippen molar-refractivity contribution in [3.8, 4) is 0 Å². The van der Waals surface area contributed by atoms with E-state index in [1.54, 1.807) is 31.0 Å². The highest BCUT2D eigenvalue weighted by atomic mass is 79.9. The smallest absolute Gasteiger partial charge is 0.248 e. The van der Waals surface area contributed by atoms with E-state index in [1.165, 1.54) is 9.80 Å². The lowest BCUT2D eigenvalue weighted by Gasteiger charge is -2.39. The number of likely N-dealkylation sites (tertiary alicyclic amines) is 1. The van der Waals surface area contributed by atoms with E-state index in [0.29, 0.717) is 19.5 Å². The predicted octanol–water partition coefficient (Wildman–Crippen LogP) is 1.18. The molecule has 0 aromatic heterocycles. The van der Waals surface area contributed by atoms with Gasteiger partial charge in [0.05, 0.1) is 30.6 Å². The summed E-state index contributed by atoms with van der Waals surface area (Å²) in [5, 5.41) is 9.91. The van der Waals surface area contributed by atoms with Crippen molar-refractivity contribution in [3.05, 3.63) is 25.3 Å². The zero-order valence-corrected chi connectivity index (χ0v) is 20.8. The molecule has 1 N–H and O–H groups in total. The number of carbonyl (C=O) groups excluding carboxylic acids is 3. The number of aliphatic hydroxyl groups is 1. The summed E-state index contributed by atoms with van der Waals surface area (Å²) in [6, 6.07) is -1.63. The number of hydrogen-bond acceptors (Lipinski definition) is 5. The second-order valence-corrected chi connectivity index (χ2v) is 10.5. The van der Waals surface area contributed by atoms with Gasteiger partial charge in [0.25, 0.3) is 0 Å². The van der Waals surface area contributed by atoms with Crippen LogP contribution in [0.5, 0.6) is 0 Å². The molecule has 2 bridgehead atoms. The molecule has 0 aromatic carbocycles. The van der Waals surface area contributed by atoms with E-state index in [2.05, 4.69) is 29.1 Å². The monoisotopic (exact) mass is 511 g/mol. The van der Waals surface area contributed by atoms with E-state index in [4.69, 9.17) is 4.74 Å². The highest BCUT2D eigenvalue weighted by Gasteiger charge is 2.77. The third kappa shape index (κ3) is 3.62. The molecule has 3 aliphatic heterocycles. The summed E-state index contributed by atoms with van der Waals surface area (Å²) in [5.74, 6) is -2.23. The van der Waals surface area contributed by atoms with Crippen molar-refractivity contribution in [2.75, 3.05) is 26.7 Å². The Hall–Kier alpha value is -1.71. The first-order chi connectivity index (χ1) is 15.1. The van der Waals surface area contributed by atoms with Crippen LogP contribution in [0, 0.1) is 11.8 Å².